The highest BCUT2D eigenvalue weighted by molar-refractivity contribution is 7.99. The second-order valence-electron chi connectivity index (χ2n) is 8.23. The molecule has 2 atom stereocenters. The SMILES string of the molecule is O=C(Nc1ccc(Sc2ccnc(Cc3ccc(N4CCOCC4)cc3)n2)cc1)[C@@H]1C[C@H]1F. The number of amides is 1. The predicted molar refractivity (Wildman–Crippen MR) is 127 cm³/mol. The molecule has 1 saturated heterocycles. The quantitative estimate of drug-likeness (QED) is 0.525. The lowest BCUT2D eigenvalue weighted by Gasteiger charge is -2.28. The van der Waals surface area contributed by atoms with Crippen LogP contribution in [0.2, 0.25) is 0 Å². The molecule has 0 unspecified atom stereocenters. The standard InChI is InChI=1S/C25H25FN4O2S/c26-22-16-21(22)25(31)28-18-3-7-20(8-4-18)33-24-9-10-27-23(29-24)15-17-1-5-19(6-2-17)30-11-13-32-14-12-30/h1-10,21-22H,11-16H2,(H,28,31)/t21-,22-/m1/s1. The van der Waals surface area contributed by atoms with Crippen LogP contribution in [0.15, 0.2) is 70.7 Å². The molecule has 2 fully saturated rings. The molecule has 0 radical (unpaired) electrons. The summed E-state index contributed by atoms with van der Waals surface area (Å²) in [7, 11) is 0. The van der Waals surface area contributed by atoms with Gasteiger partial charge in [-0.1, -0.05) is 23.9 Å². The van der Waals surface area contributed by atoms with E-state index in [0.29, 0.717) is 18.5 Å². The Hall–Kier alpha value is -2.97. The summed E-state index contributed by atoms with van der Waals surface area (Å²) in [5.74, 6) is 0.0311. The van der Waals surface area contributed by atoms with Crippen LogP contribution in [-0.4, -0.2) is 48.4 Å². The van der Waals surface area contributed by atoms with E-state index in [2.05, 4.69) is 39.5 Å². The molecule has 1 aromatic heterocycles. The molecule has 1 aliphatic carbocycles. The average Bonchev–Trinajstić information content (AvgIpc) is 3.58. The van der Waals surface area contributed by atoms with Crippen molar-refractivity contribution < 1.29 is 13.9 Å². The molecule has 5 rings (SSSR count). The van der Waals surface area contributed by atoms with Crippen molar-refractivity contribution in [3.63, 3.8) is 0 Å². The van der Waals surface area contributed by atoms with Crippen molar-refractivity contribution in [2.75, 3.05) is 36.5 Å². The molecule has 1 aliphatic heterocycles. The topological polar surface area (TPSA) is 67.4 Å². The number of rotatable bonds is 7. The number of alkyl halides is 1. The van der Waals surface area contributed by atoms with Gasteiger partial charge in [-0.25, -0.2) is 14.4 Å². The molecule has 0 bridgehead atoms. The zero-order valence-corrected chi connectivity index (χ0v) is 18.9. The summed E-state index contributed by atoms with van der Waals surface area (Å²) in [5.41, 5.74) is 3.06. The number of aromatic nitrogens is 2. The summed E-state index contributed by atoms with van der Waals surface area (Å²) in [6.45, 7) is 3.40. The third-order valence-electron chi connectivity index (χ3n) is 5.75. The van der Waals surface area contributed by atoms with Crippen molar-refractivity contribution in [2.24, 2.45) is 5.92 Å². The van der Waals surface area contributed by atoms with E-state index in [0.717, 1.165) is 42.0 Å². The Morgan fingerprint density at radius 2 is 1.82 bits per heavy atom. The first-order valence-electron chi connectivity index (χ1n) is 11.1. The number of nitrogens with zero attached hydrogens (tertiary/aromatic N) is 3. The number of morpholine rings is 1. The van der Waals surface area contributed by atoms with Gasteiger partial charge in [0.1, 0.15) is 17.0 Å². The Morgan fingerprint density at radius 1 is 1.09 bits per heavy atom. The van der Waals surface area contributed by atoms with Crippen molar-refractivity contribution in [1.29, 1.82) is 0 Å². The van der Waals surface area contributed by atoms with Crippen molar-refractivity contribution in [3.05, 3.63) is 72.2 Å². The number of nitrogens with one attached hydrogen (secondary N) is 1. The van der Waals surface area contributed by atoms with Gasteiger partial charge in [0.25, 0.3) is 0 Å². The molecule has 2 heterocycles. The maximum absolute atomic E-state index is 13.0. The molecule has 3 aromatic rings. The number of anilines is 2. The molecule has 1 saturated carbocycles. The third-order valence-corrected chi connectivity index (χ3v) is 6.69. The number of halogens is 1. The van der Waals surface area contributed by atoms with E-state index >= 15 is 0 Å². The van der Waals surface area contributed by atoms with Crippen LogP contribution >= 0.6 is 11.8 Å². The molecule has 170 valence electrons. The second-order valence-corrected chi connectivity index (χ2v) is 9.32. The minimum Gasteiger partial charge on any atom is -0.378 e. The van der Waals surface area contributed by atoms with Gasteiger partial charge in [0.05, 0.1) is 19.1 Å². The zero-order valence-electron chi connectivity index (χ0n) is 18.1. The minimum absolute atomic E-state index is 0.249. The molecule has 2 aliphatic rings. The lowest BCUT2D eigenvalue weighted by atomic mass is 10.1. The smallest absolute Gasteiger partial charge is 0.230 e. The van der Waals surface area contributed by atoms with E-state index in [4.69, 9.17) is 9.72 Å². The molecule has 8 heteroatoms. The Balaban J connectivity index is 1.18. The monoisotopic (exact) mass is 464 g/mol. The highest BCUT2D eigenvalue weighted by Crippen LogP contribution is 2.35. The van der Waals surface area contributed by atoms with Gasteiger partial charge in [0.15, 0.2) is 0 Å². The van der Waals surface area contributed by atoms with Crippen molar-refractivity contribution in [3.8, 4) is 0 Å². The van der Waals surface area contributed by atoms with Gasteiger partial charge < -0.3 is 15.0 Å². The van der Waals surface area contributed by atoms with Crippen LogP contribution in [0.3, 0.4) is 0 Å². The maximum atomic E-state index is 13.0. The van der Waals surface area contributed by atoms with Crippen LogP contribution in [0.25, 0.3) is 0 Å². The van der Waals surface area contributed by atoms with Crippen molar-refractivity contribution in [2.45, 2.75) is 28.9 Å². The Morgan fingerprint density at radius 3 is 2.52 bits per heavy atom. The fraction of sp³-hybridized carbons (Fsp3) is 0.320. The normalized spacial score (nSPS) is 19.8. The fourth-order valence-electron chi connectivity index (χ4n) is 3.75. The van der Waals surface area contributed by atoms with Gasteiger partial charge in [-0.05, 0) is 54.4 Å². The lowest BCUT2D eigenvalue weighted by Crippen LogP contribution is -2.36. The Bertz CT molecular complexity index is 1100. The Kier molecular flexibility index (Phi) is 6.55. The van der Waals surface area contributed by atoms with Crippen LogP contribution in [0.5, 0.6) is 0 Å². The summed E-state index contributed by atoms with van der Waals surface area (Å²) in [6, 6.07) is 18.0. The molecule has 1 N–H and O–H groups in total. The van der Waals surface area contributed by atoms with E-state index in [1.807, 2.05) is 30.3 Å². The Labute approximate surface area is 196 Å². The van der Waals surface area contributed by atoms with Gasteiger partial charge >= 0.3 is 0 Å². The average molecular weight is 465 g/mol. The molecular weight excluding hydrogens is 439 g/mol. The zero-order chi connectivity index (χ0) is 22.6. The van der Waals surface area contributed by atoms with E-state index in [-0.39, 0.29) is 5.91 Å². The van der Waals surface area contributed by atoms with Crippen LogP contribution in [0, 0.1) is 5.92 Å². The number of hydrogen-bond donors (Lipinski definition) is 1. The van der Waals surface area contributed by atoms with Gasteiger partial charge in [-0.2, -0.15) is 0 Å². The fourth-order valence-corrected chi connectivity index (χ4v) is 4.54. The van der Waals surface area contributed by atoms with E-state index < -0.39 is 12.1 Å². The number of benzene rings is 2. The van der Waals surface area contributed by atoms with Crippen molar-refractivity contribution >= 4 is 29.0 Å². The van der Waals surface area contributed by atoms with Gasteiger partial charge in [-0.15, -0.1) is 0 Å². The summed E-state index contributed by atoms with van der Waals surface area (Å²) >= 11 is 1.54. The van der Waals surface area contributed by atoms with Crippen LogP contribution in [0.1, 0.15) is 17.8 Å². The van der Waals surface area contributed by atoms with Gasteiger partial charge in [0.2, 0.25) is 5.91 Å². The molecule has 1 amide bonds. The highest BCUT2D eigenvalue weighted by Gasteiger charge is 2.43. The van der Waals surface area contributed by atoms with Crippen LogP contribution in [0.4, 0.5) is 15.8 Å². The third kappa shape index (κ3) is 5.69. The molecule has 0 spiro atoms. The highest BCUT2D eigenvalue weighted by atomic mass is 32.2. The second kappa shape index (κ2) is 9.89. The maximum Gasteiger partial charge on any atom is 0.230 e. The number of hydrogen-bond acceptors (Lipinski definition) is 6. The summed E-state index contributed by atoms with van der Waals surface area (Å²) in [6.07, 6.45) is 1.78. The number of carbonyl (C=O) groups is 1. The first-order valence-corrected chi connectivity index (χ1v) is 11.9. The molecule has 6 nitrogen and oxygen atoms in total. The first kappa shape index (κ1) is 21.9. The van der Waals surface area contributed by atoms with Gasteiger partial charge in [-0.3, -0.25) is 4.79 Å². The number of ether oxygens (including phenoxy) is 1. The van der Waals surface area contributed by atoms with Crippen LogP contribution in [-0.2, 0) is 16.0 Å². The predicted octanol–water partition coefficient (Wildman–Crippen LogP) is 4.35. The summed E-state index contributed by atoms with van der Waals surface area (Å²) in [5, 5.41) is 3.62. The van der Waals surface area contributed by atoms with E-state index in [1.54, 1.807) is 6.20 Å². The van der Waals surface area contributed by atoms with Gasteiger partial charge in [0, 0.05) is 42.0 Å². The molecule has 33 heavy (non-hydrogen) atoms. The van der Waals surface area contributed by atoms with E-state index in [9.17, 15) is 9.18 Å². The lowest BCUT2D eigenvalue weighted by molar-refractivity contribution is -0.117. The van der Waals surface area contributed by atoms with Crippen LogP contribution < -0.4 is 10.2 Å². The summed E-state index contributed by atoms with van der Waals surface area (Å²) in [4.78, 5) is 24.3. The number of carbonyl (C=O) groups excluding carboxylic acids is 1. The first-order chi connectivity index (χ1) is 16.1. The molecular formula is C25H25FN4O2S. The molecule has 2 aromatic carbocycles. The van der Waals surface area contributed by atoms with E-state index in [1.165, 1.54) is 23.0 Å². The largest absolute Gasteiger partial charge is 0.378 e. The minimum atomic E-state index is -0.991. The summed E-state index contributed by atoms with van der Waals surface area (Å²) < 4.78 is 18.4. The van der Waals surface area contributed by atoms with Crippen molar-refractivity contribution in [1.82, 2.24) is 9.97 Å².